The maximum absolute atomic E-state index is 12.8. The Hall–Kier alpha value is -3.35. The number of aliphatic carboxylic acids is 1. The van der Waals surface area contributed by atoms with E-state index >= 15 is 0 Å². The predicted molar refractivity (Wildman–Crippen MR) is 133 cm³/mol. The van der Waals surface area contributed by atoms with E-state index in [2.05, 4.69) is 34.9 Å². The molecule has 2 aliphatic rings. The Morgan fingerprint density at radius 2 is 1.60 bits per heavy atom. The van der Waals surface area contributed by atoms with Gasteiger partial charge >= 0.3 is 12.1 Å². The molecule has 1 unspecified atom stereocenters. The Labute approximate surface area is 206 Å². The second-order valence-electron chi connectivity index (χ2n) is 10.2. The van der Waals surface area contributed by atoms with Crippen LogP contribution in [0.25, 0.3) is 11.1 Å². The van der Waals surface area contributed by atoms with Crippen molar-refractivity contribution in [1.29, 1.82) is 0 Å². The van der Waals surface area contributed by atoms with E-state index < -0.39 is 17.5 Å². The minimum absolute atomic E-state index is 0.0172. The second kappa shape index (κ2) is 10.5. The Bertz CT molecular complexity index is 1050. The van der Waals surface area contributed by atoms with Crippen molar-refractivity contribution >= 4 is 18.0 Å². The average Bonchev–Trinajstić information content (AvgIpc) is 3.12. The van der Waals surface area contributed by atoms with Crippen molar-refractivity contribution in [2.24, 2.45) is 17.3 Å². The average molecular weight is 479 g/mol. The first-order chi connectivity index (χ1) is 16.8. The van der Waals surface area contributed by atoms with Gasteiger partial charge in [-0.3, -0.25) is 9.59 Å². The SMILES string of the molecule is CC(C)(CCNC(=O)C(CNC(=O)OCC1c2ccccc2-c2ccccc21)C1CCC1)C(=O)O. The van der Waals surface area contributed by atoms with Crippen molar-refractivity contribution in [2.45, 2.75) is 45.4 Å². The lowest BCUT2D eigenvalue weighted by molar-refractivity contribution is -0.147. The highest BCUT2D eigenvalue weighted by Gasteiger charge is 2.34. The Morgan fingerprint density at radius 1 is 1.00 bits per heavy atom. The first-order valence-corrected chi connectivity index (χ1v) is 12.4. The van der Waals surface area contributed by atoms with Crippen molar-refractivity contribution in [3.05, 3.63) is 59.7 Å². The smallest absolute Gasteiger partial charge is 0.407 e. The summed E-state index contributed by atoms with van der Waals surface area (Å²) in [5, 5.41) is 14.9. The van der Waals surface area contributed by atoms with Gasteiger partial charge in [-0.25, -0.2) is 4.79 Å². The lowest BCUT2D eigenvalue weighted by Crippen LogP contribution is -2.45. The zero-order chi connectivity index (χ0) is 25.0. The van der Waals surface area contributed by atoms with Crippen LogP contribution in [0.5, 0.6) is 0 Å². The van der Waals surface area contributed by atoms with Crippen LogP contribution in [0, 0.1) is 17.3 Å². The summed E-state index contributed by atoms with van der Waals surface area (Å²) in [5.74, 6) is -1.18. The second-order valence-corrected chi connectivity index (χ2v) is 10.2. The minimum atomic E-state index is -0.904. The normalized spacial score (nSPS) is 15.9. The number of hydrogen-bond acceptors (Lipinski definition) is 4. The van der Waals surface area contributed by atoms with E-state index in [-0.39, 0.29) is 43.4 Å². The summed E-state index contributed by atoms with van der Waals surface area (Å²) < 4.78 is 5.61. The molecule has 0 radical (unpaired) electrons. The largest absolute Gasteiger partial charge is 0.481 e. The van der Waals surface area contributed by atoms with E-state index in [9.17, 15) is 19.5 Å². The van der Waals surface area contributed by atoms with Crippen molar-refractivity contribution in [2.75, 3.05) is 19.7 Å². The number of fused-ring (bicyclic) bond motifs is 3. The summed E-state index contributed by atoms with van der Waals surface area (Å²) in [4.78, 5) is 36.7. The maximum Gasteiger partial charge on any atom is 0.407 e. The number of nitrogens with one attached hydrogen (secondary N) is 2. The number of carbonyl (C=O) groups excluding carboxylic acids is 2. The fraction of sp³-hybridized carbons (Fsp3) is 0.464. The molecule has 1 fully saturated rings. The molecule has 186 valence electrons. The van der Waals surface area contributed by atoms with Crippen LogP contribution in [0.15, 0.2) is 48.5 Å². The molecule has 0 aliphatic heterocycles. The summed E-state index contributed by atoms with van der Waals surface area (Å²) in [7, 11) is 0. The molecule has 4 rings (SSSR count). The molecule has 0 saturated heterocycles. The zero-order valence-corrected chi connectivity index (χ0v) is 20.4. The lowest BCUT2D eigenvalue weighted by Gasteiger charge is -2.33. The van der Waals surface area contributed by atoms with E-state index in [4.69, 9.17) is 4.74 Å². The molecule has 2 aliphatic carbocycles. The van der Waals surface area contributed by atoms with Crippen molar-refractivity contribution < 1.29 is 24.2 Å². The van der Waals surface area contributed by atoms with Gasteiger partial charge in [0.1, 0.15) is 6.61 Å². The number of carboxylic acid groups (broad SMARTS) is 1. The molecule has 7 heteroatoms. The van der Waals surface area contributed by atoms with E-state index in [0.717, 1.165) is 30.4 Å². The molecule has 2 amide bonds. The van der Waals surface area contributed by atoms with Gasteiger partial charge < -0.3 is 20.5 Å². The molecular weight excluding hydrogens is 444 g/mol. The topological polar surface area (TPSA) is 105 Å². The molecular formula is C28H34N2O5. The number of benzene rings is 2. The van der Waals surface area contributed by atoms with Crippen LogP contribution in [0.3, 0.4) is 0 Å². The van der Waals surface area contributed by atoms with Gasteiger partial charge in [0.2, 0.25) is 5.91 Å². The van der Waals surface area contributed by atoms with Crippen LogP contribution in [0.2, 0.25) is 0 Å². The highest BCUT2D eigenvalue weighted by molar-refractivity contribution is 5.81. The van der Waals surface area contributed by atoms with Gasteiger partial charge in [-0.15, -0.1) is 0 Å². The van der Waals surface area contributed by atoms with Crippen LogP contribution in [-0.4, -0.2) is 42.8 Å². The molecule has 3 N–H and O–H groups in total. The Balaban J connectivity index is 1.30. The van der Waals surface area contributed by atoms with Gasteiger partial charge in [0.15, 0.2) is 0 Å². The van der Waals surface area contributed by atoms with Crippen LogP contribution < -0.4 is 10.6 Å². The fourth-order valence-electron chi connectivity index (χ4n) is 4.89. The molecule has 1 saturated carbocycles. The molecule has 0 aromatic heterocycles. The number of rotatable bonds is 10. The summed E-state index contributed by atoms with van der Waals surface area (Å²) in [6, 6.07) is 16.4. The van der Waals surface area contributed by atoms with E-state index in [1.54, 1.807) is 13.8 Å². The first kappa shape index (κ1) is 24.8. The fourth-order valence-corrected chi connectivity index (χ4v) is 4.89. The number of alkyl carbamates (subject to hydrolysis) is 1. The zero-order valence-electron chi connectivity index (χ0n) is 20.4. The Morgan fingerprint density at radius 3 is 2.14 bits per heavy atom. The predicted octanol–water partition coefficient (Wildman–Crippen LogP) is 4.56. The summed E-state index contributed by atoms with van der Waals surface area (Å²) >= 11 is 0. The van der Waals surface area contributed by atoms with Gasteiger partial charge in [-0.1, -0.05) is 55.0 Å². The molecule has 0 spiro atoms. The van der Waals surface area contributed by atoms with Crippen LogP contribution in [-0.2, 0) is 14.3 Å². The number of hydrogen-bond donors (Lipinski definition) is 3. The number of ether oxygens (including phenoxy) is 1. The molecule has 0 bridgehead atoms. The van der Waals surface area contributed by atoms with Crippen LogP contribution in [0.1, 0.15) is 56.6 Å². The van der Waals surface area contributed by atoms with Crippen molar-refractivity contribution in [3.63, 3.8) is 0 Å². The first-order valence-electron chi connectivity index (χ1n) is 12.4. The molecule has 35 heavy (non-hydrogen) atoms. The molecule has 7 nitrogen and oxygen atoms in total. The molecule has 2 aromatic rings. The quantitative estimate of drug-likeness (QED) is 0.464. The maximum atomic E-state index is 12.8. The van der Waals surface area contributed by atoms with E-state index in [1.165, 1.54) is 11.1 Å². The summed E-state index contributed by atoms with van der Waals surface area (Å²) in [6.45, 7) is 4.00. The monoisotopic (exact) mass is 478 g/mol. The molecule has 1 atom stereocenters. The lowest BCUT2D eigenvalue weighted by atomic mass is 9.75. The van der Waals surface area contributed by atoms with E-state index in [1.807, 2.05) is 24.3 Å². The van der Waals surface area contributed by atoms with Crippen LogP contribution in [0.4, 0.5) is 4.79 Å². The number of carboxylic acids is 1. The summed E-state index contributed by atoms with van der Waals surface area (Å²) in [6.07, 6.45) is 2.78. The highest BCUT2D eigenvalue weighted by Crippen LogP contribution is 2.44. The van der Waals surface area contributed by atoms with Crippen molar-refractivity contribution in [1.82, 2.24) is 10.6 Å². The highest BCUT2D eigenvalue weighted by atomic mass is 16.5. The van der Waals surface area contributed by atoms with E-state index in [0.29, 0.717) is 6.42 Å². The Kier molecular flexibility index (Phi) is 7.43. The molecule has 2 aromatic carbocycles. The summed E-state index contributed by atoms with van der Waals surface area (Å²) in [5.41, 5.74) is 3.74. The third-order valence-electron chi connectivity index (χ3n) is 7.49. The van der Waals surface area contributed by atoms with Gasteiger partial charge in [0.05, 0.1) is 11.3 Å². The van der Waals surface area contributed by atoms with Gasteiger partial charge in [0, 0.05) is 19.0 Å². The molecule has 0 heterocycles. The minimum Gasteiger partial charge on any atom is -0.481 e. The van der Waals surface area contributed by atoms with Crippen LogP contribution >= 0.6 is 0 Å². The number of amides is 2. The van der Waals surface area contributed by atoms with Gasteiger partial charge in [-0.2, -0.15) is 0 Å². The van der Waals surface area contributed by atoms with Gasteiger partial charge in [0.25, 0.3) is 0 Å². The number of carbonyl (C=O) groups is 3. The standard InChI is InChI=1S/C28H34N2O5/c1-28(2,26(32)33)14-15-29-25(31)23(18-8-7-9-18)16-30-27(34)35-17-24-21-12-5-3-10-19(21)20-11-4-6-13-22(20)24/h3-6,10-13,18,23-24H,7-9,14-17H2,1-2H3,(H,29,31)(H,30,34)(H,32,33). The van der Waals surface area contributed by atoms with Crippen molar-refractivity contribution in [3.8, 4) is 11.1 Å². The third kappa shape index (κ3) is 5.50. The third-order valence-corrected chi connectivity index (χ3v) is 7.49. The van der Waals surface area contributed by atoms with Gasteiger partial charge in [-0.05, 0) is 61.3 Å².